The molecule has 1 amide bonds. The fraction of sp³-hybridized carbons (Fsp3) is 0.811. The van der Waals surface area contributed by atoms with Crippen molar-refractivity contribution in [2.45, 2.75) is 148 Å². The number of carbonyl (C=O) groups excluding carboxylic acids is 2. The van der Waals surface area contributed by atoms with Gasteiger partial charge in [-0.2, -0.15) is 0 Å². The van der Waals surface area contributed by atoms with Crippen molar-refractivity contribution >= 4 is 17.7 Å². The monoisotopic (exact) mass is 645 g/mol. The third-order valence-corrected chi connectivity index (χ3v) is 11.9. The second kappa shape index (κ2) is 15.9. The van der Waals surface area contributed by atoms with E-state index in [0.29, 0.717) is 25.8 Å². The van der Waals surface area contributed by atoms with Gasteiger partial charge in [-0.25, -0.2) is 4.79 Å². The average Bonchev–Trinajstić information content (AvgIpc) is 3.50. The lowest BCUT2D eigenvalue weighted by Crippen LogP contribution is -2.63. The predicted molar refractivity (Wildman–Crippen MR) is 176 cm³/mol. The maximum Gasteiger partial charge on any atom is 0.404 e. The summed E-state index contributed by atoms with van der Waals surface area (Å²) in [6.45, 7) is 8.51. The zero-order chi connectivity index (χ0) is 33.5. The van der Waals surface area contributed by atoms with Crippen LogP contribution < -0.4 is 5.32 Å². The number of hydrogen-bond acceptors (Lipinski definition) is 7. The van der Waals surface area contributed by atoms with Crippen LogP contribution in [0.3, 0.4) is 0 Å². The highest BCUT2D eigenvalue weighted by Gasteiger charge is 2.75. The van der Waals surface area contributed by atoms with Crippen LogP contribution in [-0.4, -0.2) is 70.2 Å². The first-order chi connectivity index (χ1) is 22.0. The molecule has 1 heterocycles. The lowest BCUT2D eigenvalue weighted by Gasteiger charge is -2.59. The number of unbranched alkanes of at least 4 members (excludes halogenated alkanes) is 8. The predicted octanol–water partition coefficient (Wildman–Crippen LogP) is 6.50. The number of aliphatic hydroxyl groups excluding tert-OH is 2. The summed E-state index contributed by atoms with van der Waals surface area (Å²) >= 11 is 0. The molecule has 4 N–H and O–H groups in total. The quantitative estimate of drug-likeness (QED) is 0.157. The SMILES string of the molecule is CCCC1O[C@@H]2C[C@H]3[C@@H]4CCC5=CC(=O)C=C[C@]5(C)[C@H]4[C@@H](O)C[C@]3(C)[C@]2(C(=O)CO)O1.CCCCCCCCCCCNC(=O)O. The van der Waals surface area contributed by atoms with E-state index >= 15 is 0 Å². The van der Waals surface area contributed by atoms with E-state index in [-0.39, 0.29) is 34.7 Å². The van der Waals surface area contributed by atoms with Gasteiger partial charge in [-0.1, -0.05) is 97.1 Å². The molecular formula is C37H59NO8. The first-order valence-corrected chi connectivity index (χ1v) is 18.0. The normalized spacial score (nSPS) is 37.3. The molecule has 1 aliphatic heterocycles. The molecule has 5 rings (SSSR count). The van der Waals surface area contributed by atoms with Gasteiger partial charge < -0.3 is 30.1 Å². The van der Waals surface area contributed by atoms with Crippen LogP contribution in [0.25, 0.3) is 0 Å². The first kappa shape index (κ1) is 36.8. The largest absolute Gasteiger partial charge is 0.465 e. The molecule has 260 valence electrons. The molecule has 0 bridgehead atoms. The van der Waals surface area contributed by atoms with Crippen LogP contribution in [-0.2, 0) is 19.1 Å². The number of rotatable bonds is 14. The van der Waals surface area contributed by atoms with Crippen LogP contribution in [0.1, 0.15) is 124 Å². The Bertz CT molecular complexity index is 1140. The Kier molecular flexibility index (Phi) is 12.7. The summed E-state index contributed by atoms with van der Waals surface area (Å²) in [4.78, 5) is 35.3. The number of ketones is 2. The fourth-order valence-electron chi connectivity index (χ4n) is 9.75. The molecule has 4 aliphatic carbocycles. The Labute approximate surface area is 275 Å². The fourth-order valence-corrected chi connectivity index (χ4v) is 9.75. The molecule has 1 saturated heterocycles. The summed E-state index contributed by atoms with van der Waals surface area (Å²) < 4.78 is 12.7. The molecule has 0 radical (unpaired) electrons. The Morgan fingerprint density at radius 3 is 2.33 bits per heavy atom. The Morgan fingerprint density at radius 2 is 1.70 bits per heavy atom. The van der Waals surface area contributed by atoms with Crippen LogP contribution in [0.5, 0.6) is 0 Å². The molecule has 4 fully saturated rings. The lowest BCUT2D eigenvalue weighted by atomic mass is 9.46. The molecular weight excluding hydrogens is 586 g/mol. The molecule has 3 saturated carbocycles. The van der Waals surface area contributed by atoms with Crippen LogP contribution in [0.2, 0.25) is 0 Å². The van der Waals surface area contributed by atoms with E-state index in [4.69, 9.17) is 14.6 Å². The third kappa shape index (κ3) is 7.18. The van der Waals surface area contributed by atoms with Crippen molar-refractivity contribution in [2.24, 2.45) is 28.6 Å². The van der Waals surface area contributed by atoms with Gasteiger partial charge in [-0.3, -0.25) is 9.59 Å². The highest BCUT2D eigenvalue weighted by atomic mass is 16.7. The third-order valence-electron chi connectivity index (χ3n) is 11.9. The average molecular weight is 646 g/mol. The van der Waals surface area contributed by atoms with Crippen molar-refractivity contribution in [2.75, 3.05) is 13.2 Å². The van der Waals surface area contributed by atoms with Gasteiger partial charge in [0.15, 0.2) is 23.5 Å². The van der Waals surface area contributed by atoms with Crippen molar-refractivity contribution in [3.05, 3.63) is 23.8 Å². The van der Waals surface area contributed by atoms with Crippen LogP contribution in [0.15, 0.2) is 23.8 Å². The van der Waals surface area contributed by atoms with Gasteiger partial charge in [0.1, 0.15) is 6.61 Å². The number of amides is 1. The molecule has 9 nitrogen and oxygen atoms in total. The number of carbonyl (C=O) groups is 3. The van der Waals surface area contributed by atoms with Crippen LogP contribution in [0.4, 0.5) is 4.79 Å². The van der Waals surface area contributed by atoms with Crippen molar-refractivity contribution in [1.82, 2.24) is 5.32 Å². The second-order valence-electron chi connectivity index (χ2n) is 14.8. The summed E-state index contributed by atoms with van der Waals surface area (Å²) in [5.41, 5.74) is -1.05. The van der Waals surface area contributed by atoms with E-state index in [1.54, 1.807) is 12.2 Å². The Morgan fingerprint density at radius 1 is 1.02 bits per heavy atom. The minimum absolute atomic E-state index is 0.0125. The minimum Gasteiger partial charge on any atom is -0.465 e. The number of hydrogen-bond donors (Lipinski definition) is 4. The highest BCUT2D eigenvalue weighted by Crippen LogP contribution is 2.69. The summed E-state index contributed by atoms with van der Waals surface area (Å²) in [5, 5.41) is 32.1. The number of ether oxygens (including phenoxy) is 2. The summed E-state index contributed by atoms with van der Waals surface area (Å²) in [6, 6.07) is 0. The number of aliphatic hydroxyl groups is 2. The number of allylic oxidation sites excluding steroid dienone is 4. The van der Waals surface area contributed by atoms with Gasteiger partial charge >= 0.3 is 6.09 Å². The topological polar surface area (TPSA) is 142 Å². The van der Waals surface area contributed by atoms with Gasteiger partial charge in [0.25, 0.3) is 0 Å². The summed E-state index contributed by atoms with van der Waals surface area (Å²) in [5.74, 6) is 0.0274. The lowest BCUT2D eigenvalue weighted by molar-refractivity contribution is -0.200. The van der Waals surface area contributed by atoms with Crippen molar-refractivity contribution in [1.29, 1.82) is 0 Å². The molecule has 9 heteroatoms. The number of nitrogens with one attached hydrogen (secondary N) is 1. The molecule has 9 atom stereocenters. The zero-order valence-electron chi connectivity index (χ0n) is 28.6. The number of fused-ring (bicyclic) bond motifs is 7. The minimum atomic E-state index is -1.20. The van der Waals surface area contributed by atoms with E-state index in [0.717, 1.165) is 37.7 Å². The van der Waals surface area contributed by atoms with Gasteiger partial charge in [0, 0.05) is 23.3 Å². The molecule has 0 aromatic heterocycles. The van der Waals surface area contributed by atoms with Crippen molar-refractivity contribution in [3.63, 3.8) is 0 Å². The van der Waals surface area contributed by atoms with E-state index in [1.165, 1.54) is 44.9 Å². The van der Waals surface area contributed by atoms with E-state index in [1.807, 2.05) is 6.08 Å². The number of carboxylic acid groups (broad SMARTS) is 1. The Balaban J connectivity index is 0.000000273. The van der Waals surface area contributed by atoms with Gasteiger partial charge in [0.05, 0.1) is 12.2 Å². The van der Waals surface area contributed by atoms with Crippen molar-refractivity contribution < 1.29 is 39.2 Å². The molecule has 0 aromatic rings. The van der Waals surface area contributed by atoms with E-state index in [2.05, 4.69) is 33.0 Å². The summed E-state index contributed by atoms with van der Waals surface area (Å²) in [7, 11) is 0. The van der Waals surface area contributed by atoms with Gasteiger partial charge in [-0.15, -0.1) is 0 Å². The molecule has 5 aliphatic rings. The smallest absolute Gasteiger partial charge is 0.404 e. The Hall–Kier alpha value is -2.07. The maximum absolute atomic E-state index is 13.2. The molecule has 0 spiro atoms. The van der Waals surface area contributed by atoms with E-state index < -0.39 is 42.2 Å². The zero-order valence-corrected chi connectivity index (χ0v) is 28.6. The molecule has 0 aromatic carbocycles. The maximum atomic E-state index is 13.2. The number of Topliss-reactive ketones (excluding diaryl/α,β-unsaturated/α-hetero) is 1. The standard InChI is InChI=1S/C25H34O6.C12H25NO2/c1-4-5-21-30-20-11-17-16-7-6-14-10-15(27)8-9-23(14,2)22(16)18(28)12-24(17,3)25(20,31-21)19(29)13-26;1-2-3-4-5-6-7-8-9-10-11-13-12(14)15/h8-10,16-18,20-22,26,28H,4-7,11-13H2,1-3H3;13H,2-11H2,1H3,(H,14,15)/t16-,17-,18-,20+,21?,22+,23-,24-,25+;/m0./s1. The van der Waals surface area contributed by atoms with Gasteiger partial charge in [-0.05, 0) is 62.5 Å². The van der Waals surface area contributed by atoms with Gasteiger partial charge in [0.2, 0.25) is 0 Å². The van der Waals surface area contributed by atoms with Crippen LogP contribution >= 0.6 is 0 Å². The second-order valence-corrected chi connectivity index (χ2v) is 14.8. The van der Waals surface area contributed by atoms with Crippen LogP contribution in [0, 0.1) is 28.6 Å². The molecule has 46 heavy (non-hydrogen) atoms. The first-order valence-electron chi connectivity index (χ1n) is 18.0. The summed E-state index contributed by atoms with van der Waals surface area (Å²) in [6.07, 6.45) is 18.8. The highest BCUT2D eigenvalue weighted by molar-refractivity contribution is 6.01. The van der Waals surface area contributed by atoms with Crippen molar-refractivity contribution in [3.8, 4) is 0 Å². The molecule has 1 unspecified atom stereocenters. The van der Waals surface area contributed by atoms with E-state index in [9.17, 15) is 24.6 Å².